The molecule has 1 aromatic carbocycles. The van der Waals surface area contributed by atoms with Gasteiger partial charge in [0.2, 0.25) is 0 Å². The summed E-state index contributed by atoms with van der Waals surface area (Å²) in [7, 11) is 0. The van der Waals surface area contributed by atoms with Crippen LogP contribution in [0.1, 0.15) is 23.5 Å². The van der Waals surface area contributed by atoms with Gasteiger partial charge in [-0.2, -0.15) is 0 Å². The van der Waals surface area contributed by atoms with Gasteiger partial charge in [-0.1, -0.05) is 0 Å². The first-order valence-electron chi connectivity index (χ1n) is 5.62. The molecule has 3 rings (SSSR count). The molecule has 18 heavy (non-hydrogen) atoms. The molecule has 1 aromatic rings. The van der Waals surface area contributed by atoms with Crippen LogP contribution >= 0.6 is 0 Å². The summed E-state index contributed by atoms with van der Waals surface area (Å²) in [6.45, 7) is 0.412. The van der Waals surface area contributed by atoms with Crippen LogP contribution in [0.5, 0.6) is 11.5 Å². The van der Waals surface area contributed by atoms with E-state index in [-0.39, 0.29) is 23.1 Å². The van der Waals surface area contributed by atoms with Crippen molar-refractivity contribution >= 4 is 6.08 Å². The van der Waals surface area contributed by atoms with Crippen LogP contribution in [-0.2, 0) is 4.74 Å². The highest BCUT2D eigenvalue weighted by atomic mass is 16.6. The summed E-state index contributed by atoms with van der Waals surface area (Å²) in [6, 6.07) is 2.73. The van der Waals surface area contributed by atoms with Crippen molar-refractivity contribution in [3.63, 3.8) is 0 Å². The summed E-state index contributed by atoms with van der Waals surface area (Å²) in [5.74, 6) is -0.285. The topological polar surface area (TPSA) is 92.8 Å². The number of nitrogens with zero attached hydrogens (tertiary/aromatic N) is 1. The van der Waals surface area contributed by atoms with E-state index in [1.165, 1.54) is 18.2 Å². The van der Waals surface area contributed by atoms with Crippen LogP contribution in [0.4, 0.5) is 0 Å². The van der Waals surface area contributed by atoms with Gasteiger partial charge in [0.25, 0.3) is 5.70 Å². The molecule has 1 aliphatic carbocycles. The first-order chi connectivity index (χ1) is 8.59. The van der Waals surface area contributed by atoms with E-state index in [1.807, 2.05) is 0 Å². The summed E-state index contributed by atoms with van der Waals surface area (Å²) in [6.07, 6.45) is 1.25. The smallest absolute Gasteiger partial charge is 0.276 e. The van der Waals surface area contributed by atoms with Gasteiger partial charge in [0.05, 0.1) is 4.92 Å². The monoisotopic (exact) mass is 249 g/mol. The number of rotatable bonds is 1. The molecule has 0 aromatic heterocycles. The van der Waals surface area contributed by atoms with E-state index in [4.69, 9.17) is 4.74 Å². The van der Waals surface area contributed by atoms with E-state index in [9.17, 15) is 20.3 Å². The van der Waals surface area contributed by atoms with E-state index < -0.39 is 11.0 Å². The molecular weight excluding hydrogens is 238 g/mol. The average molecular weight is 249 g/mol. The van der Waals surface area contributed by atoms with Crippen molar-refractivity contribution in [1.82, 2.24) is 0 Å². The Bertz CT molecular complexity index is 566. The number of hydrogen-bond acceptors (Lipinski definition) is 5. The second kappa shape index (κ2) is 3.71. The lowest BCUT2D eigenvalue weighted by Crippen LogP contribution is -2.25. The molecule has 1 aliphatic heterocycles. The van der Waals surface area contributed by atoms with Crippen LogP contribution in [0.3, 0.4) is 0 Å². The predicted molar refractivity (Wildman–Crippen MR) is 61.8 cm³/mol. The number of benzene rings is 1. The predicted octanol–water partition coefficient (Wildman–Crippen LogP) is 1.60. The van der Waals surface area contributed by atoms with Gasteiger partial charge in [0.15, 0.2) is 6.10 Å². The first kappa shape index (κ1) is 11.0. The van der Waals surface area contributed by atoms with Crippen molar-refractivity contribution in [2.24, 2.45) is 0 Å². The fourth-order valence-electron chi connectivity index (χ4n) is 2.72. The fourth-order valence-corrected chi connectivity index (χ4v) is 2.72. The van der Waals surface area contributed by atoms with E-state index in [2.05, 4.69) is 0 Å². The normalized spacial score (nSPS) is 25.2. The lowest BCUT2D eigenvalue weighted by molar-refractivity contribution is -0.435. The Morgan fingerprint density at radius 2 is 2.06 bits per heavy atom. The van der Waals surface area contributed by atoms with Gasteiger partial charge in [-0.15, -0.1) is 0 Å². The van der Waals surface area contributed by atoms with Crippen molar-refractivity contribution in [2.75, 3.05) is 6.61 Å². The molecule has 2 N–H and O–H groups in total. The second-order valence-corrected chi connectivity index (χ2v) is 4.44. The maximum Gasteiger partial charge on any atom is 0.276 e. The van der Waals surface area contributed by atoms with Gasteiger partial charge < -0.3 is 14.9 Å². The minimum absolute atomic E-state index is 0.0435. The lowest BCUT2D eigenvalue weighted by atomic mass is 9.82. The zero-order chi connectivity index (χ0) is 12.9. The van der Waals surface area contributed by atoms with Crippen LogP contribution in [-0.4, -0.2) is 27.8 Å². The van der Waals surface area contributed by atoms with E-state index >= 15 is 0 Å². The van der Waals surface area contributed by atoms with Crippen molar-refractivity contribution in [3.05, 3.63) is 39.1 Å². The highest BCUT2D eigenvalue weighted by Gasteiger charge is 2.44. The number of fused-ring (bicyclic) bond motifs is 3. The Kier molecular flexibility index (Phi) is 2.27. The summed E-state index contributed by atoms with van der Waals surface area (Å²) in [5.41, 5.74) is 0.808. The summed E-state index contributed by atoms with van der Waals surface area (Å²) in [5, 5.41) is 30.7. The second-order valence-electron chi connectivity index (χ2n) is 4.44. The number of aromatic hydroxyl groups is 2. The molecule has 1 saturated heterocycles. The number of phenols is 2. The molecule has 0 bridgehead atoms. The maximum atomic E-state index is 11.0. The zero-order valence-electron chi connectivity index (χ0n) is 9.37. The van der Waals surface area contributed by atoms with Crippen LogP contribution in [0.25, 0.3) is 6.08 Å². The molecule has 2 unspecified atom stereocenters. The van der Waals surface area contributed by atoms with Crippen molar-refractivity contribution in [3.8, 4) is 11.5 Å². The van der Waals surface area contributed by atoms with Crippen molar-refractivity contribution in [2.45, 2.75) is 18.4 Å². The minimum atomic E-state index is -0.639. The molecule has 6 nitrogen and oxygen atoms in total. The number of nitro groups is 1. The fraction of sp³-hybridized carbons (Fsp3) is 0.333. The maximum absolute atomic E-state index is 11.0. The third kappa shape index (κ3) is 1.39. The molecule has 0 spiro atoms. The van der Waals surface area contributed by atoms with E-state index in [0.717, 1.165) is 0 Å². The lowest BCUT2D eigenvalue weighted by Gasteiger charge is -2.24. The Labute approximate surface area is 102 Å². The van der Waals surface area contributed by atoms with Gasteiger partial charge >= 0.3 is 0 Å². The largest absolute Gasteiger partial charge is 0.508 e. The number of hydrogen-bond donors (Lipinski definition) is 2. The highest BCUT2D eigenvalue weighted by molar-refractivity contribution is 5.69. The Hall–Kier alpha value is -2.08. The van der Waals surface area contributed by atoms with Gasteiger partial charge in [0, 0.05) is 29.7 Å². The summed E-state index contributed by atoms with van der Waals surface area (Å²) >= 11 is 0. The van der Waals surface area contributed by atoms with Crippen LogP contribution in [0.15, 0.2) is 17.8 Å². The van der Waals surface area contributed by atoms with Crippen LogP contribution < -0.4 is 0 Å². The molecular formula is C12H11NO5. The molecule has 0 amide bonds. The Balaban J connectivity index is 2.26. The molecule has 94 valence electrons. The summed E-state index contributed by atoms with van der Waals surface area (Å²) < 4.78 is 5.38. The van der Waals surface area contributed by atoms with Gasteiger partial charge in [-0.25, -0.2) is 0 Å². The third-order valence-corrected chi connectivity index (χ3v) is 3.50. The molecule has 6 heteroatoms. The SMILES string of the molecule is O=[N+]([O-])C1=Cc2c(O)ccc(O)c2C2CCOC12. The summed E-state index contributed by atoms with van der Waals surface area (Å²) in [4.78, 5) is 10.5. The van der Waals surface area contributed by atoms with Gasteiger partial charge in [-0.3, -0.25) is 10.1 Å². The highest BCUT2D eigenvalue weighted by Crippen LogP contribution is 2.47. The molecule has 1 fully saturated rings. The van der Waals surface area contributed by atoms with Gasteiger partial charge in [-0.05, 0) is 18.6 Å². The van der Waals surface area contributed by atoms with Crippen molar-refractivity contribution in [1.29, 1.82) is 0 Å². The third-order valence-electron chi connectivity index (χ3n) is 3.50. The number of phenolic OH excluding ortho intramolecular Hbond substituents is 2. The van der Waals surface area contributed by atoms with Crippen LogP contribution in [0.2, 0.25) is 0 Å². The van der Waals surface area contributed by atoms with E-state index in [0.29, 0.717) is 24.2 Å². The van der Waals surface area contributed by atoms with E-state index in [1.54, 1.807) is 0 Å². The zero-order valence-corrected chi connectivity index (χ0v) is 9.37. The Morgan fingerprint density at radius 1 is 1.33 bits per heavy atom. The quantitative estimate of drug-likeness (QED) is 0.448. The standard InChI is InChI=1S/C12H11NO5/c14-9-1-2-10(15)11-6-3-4-18-12(6)8(13(16)17)5-7(9)11/h1-2,5-6,12,14-15H,3-4H2. The minimum Gasteiger partial charge on any atom is -0.508 e. The average Bonchev–Trinajstić information content (AvgIpc) is 2.81. The Morgan fingerprint density at radius 3 is 2.78 bits per heavy atom. The molecule has 2 atom stereocenters. The van der Waals surface area contributed by atoms with Gasteiger partial charge in [0.1, 0.15) is 11.5 Å². The molecule has 1 heterocycles. The molecule has 0 saturated carbocycles. The molecule has 0 radical (unpaired) electrons. The van der Waals surface area contributed by atoms with Crippen molar-refractivity contribution < 1.29 is 19.9 Å². The van der Waals surface area contributed by atoms with Crippen LogP contribution in [0, 0.1) is 10.1 Å². The molecule has 2 aliphatic rings. The first-order valence-corrected chi connectivity index (χ1v) is 5.62. The number of ether oxygens (including phenoxy) is 1.